The monoisotopic (exact) mass is 371 g/mol. The van der Waals surface area contributed by atoms with Crippen molar-refractivity contribution in [3.05, 3.63) is 28.9 Å². The smallest absolute Gasteiger partial charge is 0.278 e. The van der Waals surface area contributed by atoms with Crippen molar-refractivity contribution in [3.8, 4) is 0 Å². The van der Waals surface area contributed by atoms with Crippen LogP contribution >= 0.6 is 0 Å². The van der Waals surface area contributed by atoms with E-state index in [2.05, 4.69) is 22.5 Å². The molecule has 1 saturated heterocycles. The second-order valence-electron chi connectivity index (χ2n) is 7.62. The van der Waals surface area contributed by atoms with Gasteiger partial charge in [0.25, 0.3) is 11.8 Å². The van der Waals surface area contributed by atoms with Gasteiger partial charge >= 0.3 is 0 Å². The molecule has 2 amide bonds. The molecule has 0 unspecified atom stereocenters. The summed E-state index contributed by atoms with van der Waals surface area (Å²) < 4.78 is 6.89. The summed E-state index contributed by atoms with van der Waals surface area (Å²) >= 11 is 0. The van der Waals surface area contributed by atoms with E-state index in [4.69, 9.17) is 4.52 Å². The van der Waals surface area contributed by atoms with E-state index in [9.17, 15) is 9.59 Å². The van der Waals surface area contributed by atoms with Crippen LogP contribution in [-0.2, 0) is 19.9 Å². The highest BCUT2D eigenvalue weighted by atomic mass is 16.5. The first-order valence-electron chi connectivity index (χ1n) is 9.64. The minimum atomic E-state index is -0.352. The third kappa shape index (κ3) is 3.36. The maximum atomic E-state index is 12.9. The number of aromatic nitrogens is 3. The van der Waals surface area contributed by atoms with E-state index in [1.165, 1.54) is 10.9 Å². The lowest BCUT2D eigenvalue weighted by Crippen LogP contribution is -2.37. The number of aryl methyl sites for hydroxylation is 2. The Kier molecular flexibility index (Phi) is 4.72. The third-order valence-corrected chi connectivity index (χ3v) is 5.53. The van der Waals surface area contributed by atoms with Crippen LogP contribution in [-0.4, -0.2) is 44.7 Å². The van der Waals surface area contributed by atoms with Crippen molar-refractivity contribution in [3.63, 3.8) is 0 Å². The van der Waals surface area contributed by atoms with Crippen LogP contribution in [0.5, 0.6) is 0 Å². The molecule has 0 aromatic carbocycles. The molecule has 3 heterocycles. The van der Waals surface area contributed by atoms with Crippen LogP contribution in [0.25, 0.3) is 0 Å². The number of amides is 2. The Balaban J connectivity index is 1.56. The summed E-state index contributed by atoms with van der Waals surface area (Å²) in [4.78, 5) is 27.6. The summed E-state index contributed by atoms with van der Waals surface area (Å²) in [5.74, 6) is 0.850. The van der Waals surface area contributed by atoms with Crippen molar-refractivity contribution in [1.29, 1.82) is 0 Å². The van der Waals surface area contributed by atoms with Gasteiger partial charge in [-0.05, 0) is 38.0 Å². The van der Waals surface area contributed by atoms with E-state index >= 15 is 0 Å². The maximum Gasteiger partial charge on any atom is 0.278 e. The standard InChI is InChI=1S/C19H25N5O3/c1-12-6-7-15-13(10-12)16(22-27-15)18(25)21-14-11-20-23(2)17(14)19(26)24-8-4-3-5-9-24/h11-12H,3-10H2,1-2H3,(H,21,25)/t12-/m1/s1. The Morgan fingerprint density at radius 2 is 2.04 bits per heavy atom. The molecule has 0 saturated carbocycles. The SMILES string of the molecule is C[C@@H]1CCc2onc(C(=O)Nc3cnn(C)c3C(=O)N3CCCCC3)c2C1. The van der Waals surface area contributed by atoms with Gasteiger partial charge in [-0.3, -0.25) is 14.3 Å². The summed E-state index contributed by atoms with van der Waals surface area (Å²) in [6.07, 6.45) is 7.32. The molecular formula is C19H25N5O3. The quantitative estimate of drug-likeness (QED) is 0.894. The van der Waals surface area contributed by atoms with Crippen molar-refractivity contribution in [2.75, 3.05) is 18.4 Å². The van der Waals surface area contributed by atoms with Crippen LogP contribution in [0.15, 0.2) is 10.7 Å². The normalized spacial score (nSPS) is 19.6. The fourth-order valence-electron chi connectivity index (χ4n) is 3.97. The van der Waals surface area contributed by atoms with Crippen molar-refractivity contribution in [1.82, 2.24) is 19.8 Å². The van der Waals surface area contributed by atoms with E-state index in [-0.39, 0.29) is 11.8 Å². The first-order valence-corrected chi connectivity index (χ1v) is 9.64. The first kappa shape index (κ1) is 17.8. The summed E-state index contributed by atoms with van der Waals surface area (Å²) in [5, 5.41) is 11.0. The van der Waals surface area contributed by atoms with Crippen LogP contribution < -0.4 is 5.32 Å². The fraction of sp³-hybridized carbons (Fsp3) is 0.579. The average Bonchev–Trinajstić information content (AvgIpc) is 3.25. The second-order valence-corrected chi connectivity index (χ2v) is 7.62. The molecule has 1 aliphatic carbocycles. The van der Waals surface area contributed by atoms with Gasteiger partial charge < -0.3 is 14.7 Å². The van der Waals surface area contributed by atoms with Gasteiger partial charge in [-0.2, -0.15) is 5.10 Å². The molecule has 8 heteroatoms. The number of fused-ring (bicyclic) bond motifs is 1. The minimum Gasteiger partial charge on any atom is -0.360 e. The van der Waals surface area contributed by atoms with Crippen molar-refractivity contribution in [2.45, 2.75) is 45.4 Å². The Morgan fingerprint density at radius 3 is 2.81 bits per heavy atom. The summed E-state index contributed by atoms with van der Waals surface area (Å²) in [6, 6.07) is 0. The van der Waals surface area contributed by atoms with E-state index < -0.39 is 0 Å². The lowest BCUT2D eigenvalue weighted by atomic mass is 9.88. The Labute approximate surface area is 157 Å². The van der Waals surface area contributed by atoms with E-state index in [0.717, 1.165) is 62.9 Å². The molecule has 2 aromatic heterocycles. The Bertz CT molecular complexity index is 863. The molecule has 2 aromatic rings. The maximum absolute atomic E-state index is 12.9. The molecular weight excluding hydrogens is 346 g/mol. The molecule has 1 N–H and O–H groups in total. The van der Waals surface area contributed by atoms with Crippen LogP contribution in [0, 0.1) is 5.92 Å². The van der Waals surface area contributed by atoms with Gasteiger partial charge in [-0.25, -0.2) is 0 Å². The highest BCUT2D eigenvalue weighted by molar-refractivity contribution is 6.08. The third-order valence-electron chi connectivity index (χ3n) is 5.53. The molecule has 0 spiro atoms. The molecule has 1 aliphatic heterocycles. The highest BCUT2D eigenvalue weighted by Crippen LogP contribution is 2.28. The summed E-state index contributed by atoms with van der Waals surface area (Å²) in [6.45, 7) is 3.65. The van der Waals surface area contributed by atoms with Gasteiger partial charge in [0.15, 0.2) is 5.69 Å². The highest BCUT2D eigenvalue weighted by Gasteiger charge is 2.29. The van der Waals surface area contributed by atoms with E-state index in [1.807, 2.05) is 4.90 Å². The molecule has 27 heavy (non-hydrogen) atoms. The van der Waals surface area contributed by atoms with Crippen molar-refractivity contribution in [2.24, 2.45) is 13.0 Å². The predicted octanol–water partition coefficient (Wildman–Crippen LogP) is 2.41. The second kappa shape index (κ2) is 7.17. The molecule has 8 nitrogen and oxygen atoms in total. The molecule has 0 radical (unpaired) electrons. The number of likely N-dealkylation sites (tertiary alicyclic amines) is 1. The average molecular weight is 371 g/mol. The van der Waals surface area contributed by atoms with Gasteiger partial charge in [-0.1, -0.05) is 12.1 Å². The zero-order valence-corrected chi connectivity index (χ0v) is 15.8. The largest absolute Gasteiger partial charge is 0.360 e. The lowest BCUT2D eigenvalue weighted by Gasteiger charge is -2.27. The van der Waals surface area contributed by atoms with Gasteiger partial charge in [-0.15, -0.1) is 0 Å². The first-order chi connectivity index (χ1) is 13.0. The molecule has 1 fully saturated rings. The Hall–Kier alpha value is -2.64. The van der Waals surface area contributed by atoms with Crippen LogP contribution in [0.1, 0.15) is 64.9 Å². The number of carbonyl (C=O) groups excluding carboxylic acids is 2. The van der Waals surface area contributed by atoms with Gasteiger partial charge in [0.05, 0.1) is 11.9 Å². The molecule has 144 valence electrons. The van der Waals surface area contributed by atoms with Crippen LogP contribution in [0.3, 0.4) is 0 Å². The van der Waals surface area contributed by atoms with Crippen LogP contribution in [0.2, 0.25) is 0 Å². The number of rotatable bonds is 3. The van der Waals surface area contributed by atoms with Gasteiger partial charge in [0.1, 0.15) is 11.5 Å². The number of anilines is 1. The van der Waals surface area contributed by atoms with Crippen LogP contribution in [0.4, 0.5) is 5.69 Å². The summed E-state index contributed by atoms with van der Waals surface area (Å²) in [5.41, 5.74) is 2.02. The van der Waals surface area contributed by atoms with Gasteiger partial charge in [0.2, 0.25) is 0 Å². The lowest BCUT2D eigenvalue weighted by molar-refractivity contribution is 0.0714. The molecule has 4 rings (SSSR count). The van der Waals surface area contributed by atoms with Gasteiger partial charge in [0, 0.05) is 32.1 Å². The number of hydrogen-bond donors (Lipinski definition) is 1. The molecule has 1 atom stereocenters. The van der Waals surface area contributed by atoms with Crippen molar-refractivity contribution >= 4 is 17.5 Å². The fourth-order valence-corrected chi connectivity index (χ4v) is 3.97. The summed E-state index contributed by atoms with van der Waals surface area (Å²) in [7, 11) is 1.71. The Morgan fingerprint density at radius 1 is 1.26 bits per heavy atom. The van der Waals surface area contributed by atoms with Crippen molar-refractivity contribution < 1.29 is 14.1 Å². The molecule has 0 bridgehead atoms. The number of nitrogens with one attached hydrogen (secondary N) is 1. The van der Waals surface area contributed by atoms with E-state index in [1.54, 1.807) is 7.05 Å². The minimum absolute atomic E-state index is 0.0965. The predicted molar refractivity (Wildman–Crippen MR) is 98.6 cm³/mol. The molecule has 2 aliphatic rings. The number of hydrogen-bond acceptors (Lipinski definition) is 5. The topological polar surface area (TPSA) is 93.3 Å². The number of piperidine rings is 1. The number of nitrogens with zero attached hydrogens (tertiary/aromatic N) is 4. The number of carbonyl (C=O) groups is 2. The van der Waals surface area contributed by atoms with E-state index in [0.29, 0.717) is 23.0 Å². The zero-order chi connectivity index (χ0) is 19.0. The zero-order valence-electron chi connectivity index (χ0n) is 15.8.